The number of rotatable bonds is 3. The maximum Gasteiger partial charge on any atom is 0.254 e. The molecule has 0 saturated carbocycles. The Labute approximate surface area is 125 Å². The van der Waals surface area contributed by atoms with Crippen molar-refractivity contribution in [1.82, 2.24) is 5.32 Å². The molecule has 1 aromatic carbocycles. The first-order valence-corrected chi connectivity index (χ1v) is 7.94. The van der Waals surface area contributed by atoms with Gasteiger partial charge in [-0.05, 0) is 31.4 Å². The Morgan fingerprint density at radius 3 is 2.84 bits per heavy atom. The number of nitrogens with one attached hydrogen (secondary N) is 1. The molecule has 0 saturated heterocycles. The number of halogens is 1. The average molecular weight is 343 g/mol. The zero-order chi connectivity index (χ0) is 14.2. The highest BCUT2D eigenvalue weighted by Crippen LogP contribution is 2.36. The van der Waals surface area contributed by atoms with Gasteiger partial charge in [-0.15, -0.1) is 0 Å². The molecule has 1 aliphatic heterocycles. The fourth-order valence-electron chi connectivity index (χ4n) is 2.01. The average Bonchev–Trinajstić information content (AvgIpc) is 2.62. The molecule has 102 valence electrons. The predicted octanol–water partition coefficient (Wildman–Crippen LogP) is 2.33. The van der Waals surface area contributed by atoms with Gasteiger partial charge in [0.25, 0.3) is 5.91 Å². The van der Waals surface area contributed by atoms with Gasteiger partial charge in [-0.2, -0.15) is 11.8 Å². The van der Waals surface area contributed by atoms with Crippen molar-refractivity contribution in [3.05, 3.63) is 28.2 Å². The number of nitrogens with zero attached hydrogens (tertiary/aromatic N) is 1. The summed E-state index contributed by atoms with van der Waals surface area (Å²) in [5.74, 6) is -0.221. The highest BCUT2D eigenvalue weighted by Gasteiger charge is 2.36. The first kappa shape index (κ1) is 14.4. The van der Waals surface area contributed by atoms with Crippen LogP contribution in [0.1, 0.15) is 18.5 Å². The number of fused-ring (bicyclic) bond motifs is 1. The first-order valence-electron chi connectivity index (χ1n) is 5.86. The maximum atomic E-state index is 12.2. The first-order chi connectivity index (χ1) is 8.95. The lowest BCUT2D eigenvalue weighted by atomic mass is 10.1. The Morgan fingerprint density at radius 2 is 2.21 bits per heavy atom. The van der Waals surface area contributed by atoms with Gasteiger partial charge in [0.1, 0.15) is 6.04 Å². The van der Waals surface area contributed by atoms with Crippen molar-refractivity contribution in [2.24, 2.45) is 0 Å². The highest BCUT2D eigenvalue weighted by molar-refractivity contribution is 9.10. The summed E-state index contributed by atoms with van der Waals surface area (Å²) >= 11 is 4.85. The van der Waals surface area contributed by atoms with Crippen LogP contribution < -0.4 is 10.2 Å². The third kappa shape index (κ3) is 2.65. The molecule has 4 nitrogen and oxygen atoms in total. The van der Waals surface area contributed by atoms with E-state index < -0.39 is 6.04 Å². The second-order valence-electron chi connectivity index (χ2n) is 4.42. The fourth-order valence-corrected chi connectivity index (χ4v) is 2.67. The standard InChI is InChI=1S/C13H15BrN2O2S/c1-7(19-3)12(17)15-11-9-6-8(14)4-5-10(9)16(2)13(11)18/h4-7,11H,1-3H3,(H,15,17)/t7-,11+/m1/s1. The van der Waals surface area contributed by atoms with Gasteiger partial charge < -0.3 is 10.2 Å². The SMILES string of the molecule is CS[C@H](C)C(=O)N[C@@H]1C(=O)N(C)c2ccc(Br)cc21. The zero-order valence-corrected chi connectivity index (χ0v) is 13.3. The molecule has 0 radical (unpaired) electrons. The Kier molecular flexibility index (Phi) is 4.20. The zero-order valence-electron chi connectivity index (χ0n) is 10.9. The molecule has 1 aromatic rings. The number of amides is 2. The number of likely N-dealkylation sites (N-methyl/N-ethyl adjacent to an activating group) is 1. The van der Waals surface area contributed by atoms with Crippen molar-refractivity contribution >= 4 is 45.2 Å². The van der Waals surface area contributed by atoms with Crippen LogP contribution >= 0.6 is 27.7 Å². The summed E-state index contributed by atoms with van der Waals surface area (Å²) in [6.07, 6.45) is 1.87. The van der Waals surface area contributed by atoms with Gasteiger partial charge in [0.05, 0.1) is 5.25 Å². The molecule has 0 bridgehead atoms. The molecule has 2 rings (SSSR count). The highest BCUT2D eigenvalue weighted by atomic mass is 79.9. The summed E-state index contributed by atoms with van der Waals surface area (Å²) in [6.45, 7) is 1.82. The number of carbonyl (C=O) groups excluding carboxylic acids is 2. The van der Waals surface area contributed by atoms with Crippen LogP contribution in [0.25, 0.3) is 0 Å². The summed E-state index contributed by atoms with van der Waals surface area (Å²) in [5.41, 5.74) is 1.68. The molecule has 0 unspecified atom stereocenters. The van der Waals surface area contributed by atoms with E-state index in [2.05, 4.69) is 21.2 Å². The second-order valence-corrected chi connectivity index (χ2v) is 6.51. The van der Waals surface area contributed by atoms with E-state index in [1.807, 2.05) is 31.4 Å². The molecule has 0 aromatic heterocycles. The summed E-state index contributed by atoms with van der Waals surface area (Å²) < 4.78 is 0.895. The van der Waals surface area contributed by atoms with Crippen LogP contribution in [-0.4, -0.2) is 30.4 Å². The number of thioether (sulfide) groups is 1. The van der Waals surface area contributed by atoms with E-state index in [0.717, 1.165) is 15.7 Å². The summed E-state index contributed by atoms with van der Waals surface area (Å²) in [4.78, 5) is 25.8. The Bertz CT molecular complexity index is 535. The van der Waals surface area contributed by atoms with Crippen LogP contribution in [0.3, 0.4) is 0 Å². The minimum atomic E-state index is -0.584. The monoisotopic (exact) mass is 342 g/mol. The van der Waals surface area contributed by atoms with Crippen molar-refractivity contribution in [3.63, 3.8) is 0 Å². The smallest absolute Gasteiger partial charge is 0.254 e. The van der Waals surface area contributed by atoms with Gasteiger partial charge in [0.2, 0.25) is 5.91 Å². The van der Waals surface area contributed by atoms with E-state index in [9.17, 15) is 9.59 Å². The largest absolute Gasteiger partial charge is 0.339 e. The van der Waals surface area contributed by atoms with Gasteiger partial charge in [0, 0.05) is 22.8 Å². The van der Waals surface area contributed by atoms with Crippen molar-refractivity contribution in [3.8, 4) is 0 Å². The number of anilines is 1. The number of carbonyl (C=O) groups is 2. The molecule has 0 aliphatic carbocycles. The normalized spacial score (nSPS) is 19.3. The Hall–Kier alpha value is -1.01. The molecule has 2 amide bonds. The van der Waals surface area contributed by atoms with E-state index in [1.165, 1.54) is 11.8 Å². The molecule has 19 heavy (non-hydrogen) atoms. The van der Waals surface area contributed by atoms with E-state index >= 15 is 0 Å². The van der Waals surface area contributed by atoms with Crippen LogP contribution in [0.5, 0.6) is 0 Å². The van der Waals surface area contributed by atoms with Crippen molar-refractivity contribution in [1.29, 1.82) is 0 Å². The van der Waals surface area contributed by atoms with Gasteiger partial charge in [-0.3, -0.25) is 9.59 Å². The van der Waals surface area contributed by atoms with E-state index in [1.54, 1.807) is 11.9 Å². The summed E-state index contributed by atoms with van der Waals surface area (Å²) in [7, 11) is 1.72. The quantitative estimate of drug-likeness (QED) is 0.917. The second kappa shape index (κ2) is 5.54. The van der Waals surface area contributed by atoms with Crippen LogP contribution in [0.4, 0.5) is 5.69 Å². The topological polar surface area (TPSA) is 49.4 Å². The third-order valence-corrected chi connectivity index (χ3v) is 4.66. The molecule has 1 N–H and O–H groups in total. The minimum absolute atomic E-state index is 0.102. The van der Waals surface area contributed by atoms with Gasteiger partial charge in [-0.25, -0.2) is 0 Å². The molecule has 0 fully saturated rings. The molecular weight excluding hydrogens is 328 g/mol. The third-order valence-electron chi connectivity index (χ3n) is 3.25. The van der Waals surface area contributed by atoms with E-state index in [0.29, 0.717) is 0 Å². The predicted molar refractivity (Wildman–Crippen MR) is 81.4 cm³/mol. The Morgan fingerprint density at radius 1 is 1.53 bits per heavy atom. The molecule has 6 heteroatoms. The van der Waals surface area contributed by atoms with Gasteiger partial charge in [0.15, 0.2) is 0 Å². The Balaban J connectivity index is 2.30. The van der Waals surface area contributed by atoms with Crippen LogP contribution in [0.2, 0.25) is 0 Å². The number of benzene rings is 1. The van der Waals surface area contributed by atoms with Crippen LogP contribution in [-0.2, 0) is 9.59 Å². The van der Waals surface area contributed by atoms with E-state index in [-0.39, 0.29) is 17.1 Å². The molecule has 2 atom stereocenters. The van der Waals surface area contributed by atoms with Gasteiger partial charge in [-0.1, -0.05) is 15.9 Å². The van der Waals surface area contributed by atoms with Crippen LogP contribution in [0.15, 0.2) is 22.7 Å². The number of hydrogen-bond donors (Lipinski definition) is 1. The molecule has 1 aliphatic rings. The molecule has 1 heterocycles. The number of hydrogen-bond acceptors (Lipinski definition) is 3. The van der Waals surface area contributed by atoms with Crippen molar-refractivity contribution < 1.29 is 9.59 Å². The van der Waals surface area contributed by atoms with E-state index in [4.69, 9.17) is 0 Å². The van der Waals surface area contributed by atoms with Crippen LogP contribution in [0, 0.1) is 0 Å². The minimum Gasteiger partial charge on any atom is -0.339 e. The molecular formula is C13H15BrN2O2S. The maximum absolute atomic E-state index is 12.2. The summed E-state index contributed by atoms with van der Waals surface area (Å²) in [6, 6.07) is 5.06. The van der Waals surface area contributed by atoms with Crippen molar-refractivity contribution in [2.45, 2.75) is 18.2 Å². The molecule has 0 spiro atoms. The lowest BCUT2D eigenvalue weighted by Crippen LogP contribution is -2.39. The van der Waals surface area contributed by atoms with Crippen molar-refractivity contribution in [2.75, 3.05) is 18.2 Å². The summed E-state index contributed by atoms with van der Waals surface area (Å²) in [5, 5.41) is 2.65. The van der Waals surface area contributed by atoms with Gasteiger partial charge >= 0.3 is 0 Å². The lowest BCUT2D eigenvalue weighted by molar-refractivity contribution is -0.126. The fraction of sp³-hybridized carbons (Fsp3) is 0.385. The lowest BCUT2D eigenvalue weighted by Gasteiger charge is -2.15.